The fourth-order valence-corrected chi connectivity index (χ4v) is 7.05. The topological polar surface area (TPSA) is 283 Å². The molecule has 65 heavy (non-hydrogen) atoms. The molecule has 0 bridgehead atoms. The number of benzene rings is 2. The molecule has 2 aromatic carbocycles. The molecule has 0 spiro atoms. The second kappa shape index (κ2) is 25.4. The number of carbonyl (C=O) groups is 8. The predicted octanol–water partition coefficient (Wildman–Crippen LogP) is 2.21. The number of amides is 7. The number of H-pyrrole nitrogens is 1. The van der Waals surface area contributed by atoms with Gasteiger partial charge in [-0.1, -0.05) is 44.2 Å². The number of hydrogen-bond donors (Lipinski definition) is 9. The number of aromatic amines is 1. The molecule has 21 heteroatoms. The summed E-state index contributed by atoms with van der Waals surface area (Å²) < 4.78 is 5.46. The highest BCUT2D eigenvalue weighted by molar-refractivity contribution is 6.18. The van der Waals surface area contributed by atoms with Crippen molar-refractivity contribution >= 4 is 87.3 Å². The molecule has 0 saturated heterocycles. The summed E-state index contributed by atoms with van der Waals surface area (Å²) >= 11 is 12.1. The third-order valence-corrected chi connectivity index (χ3v) is 10.2. The van der Waals surface area contributed by atoms with Gasteiger partial charge in [-0.15, -0.1) is 23.2 Å². The van der Waals surface area contributed by atoms with Crippen molar-refractivity contribution in [3.63, 3.8) is 0 Å². The summed E-state index contributed by atoms with van der Waals surface area (Å²) in [5.74, 6) is -5.89. The minimum atomic E-state index is -1.47. The molecular formula is C44H61Cl2N9O10. The van der Waals surface area contributed by atoms with Crippen molar-refractivity contribution in [3.05, 3.63) is 65.9 Å². The van der Waals surface area contributed by atoms with Crippen LogP contribution in [0.3, 0.4) is 0 Å². The maximum atomic E-state index is 14.3. The van der Waals surface area contributed by atoms with E-state index in [1.54, 1.807) is 59.0 Å². The fourth-order valence-electron chi connectivity index (χ4n) is 6.64. The number of alkyl carbamates (subject to hydrolysis) is 1. The average Bonchev–Trinajstić information content (AvgIpc) is 3.64. The molecule has 0 radical (unpaired) electrons. The van der Waals surface area contributed by atoms with E-state index in [4.69, 9.17) is 38.8 Å². The zero-order valence-electron chi connectivity index (χ0n) is 37.4. The predicted molar refractivity (Wildman–Crippen MR) is 246 cm³/mol. The standard InChI is InChI=1S/C44H61Cl2N9O10/c1-25(2)37(42(63)49-24-36(57)58)54-38(59)26(3)50-40(61)34(22-28-23-48-31-13-8-7-12-30(28)31)52-39(60)32(14-15-35(47)56)51-41(62)33(53-43(64)65-44(4,5)6)21-27-10-9-11-29(20-27)55(18-16-45)19-17-46/h7-13,20,23,25-26,32-34,37,48H,14-19,21-22,24H2,1-6H3,(H2,47,56)(H,49,63)(H,50,61)(H,51,62)(H,52,60)(H,53,64)(H,54,59)(H,57,58)/t26-,32-,33-,34-,37-/m0/s1. The summed E-state index contributed by atoms with van der Waals surface area (Å²) in [4.78, 5) is 110. The smallest absolute Gasteiger partial charge is 0.408 e. The minimum Gasteiger partial charge on any atom is -0.480 e. The van der Waals surface area contributed by atoms with E-state index in [1.165, 1.54) is 6.92 Å². The number of para-hydroxylation sites is 1. The molecule has 0 saturated carbocycles. The number of rotatable bonds is 25. The highest BCUT2D eigenvalue weighted by Crippen LogP contribution is 2.21. The number of alkyl halides is 2. The lowest BCUT2D eigenvalue weighted by molar-refractivity contribution is -0.139. The van der Waals surface area contributed by atoms with Gasteiger partial charge in [0.25, 0.3) is 0 Å². The Hall–Kier alpha value is -6.08. The van der Waals surface area contributed by atoms with Crippen molar-refractivity contribution in [2.24, 2.45) is 11.7 Å². The van der Waals surface area contributed by atoms with E-state index in [0.717, 1.165) is 16.6 Å². The summed E-state index contributed by atoms with van der Waals surface area (Å²) in [6.07, 6.45) is -0.0731. The molecule has 0 unspecified atom stereocenters. The molecule has 1 aromatic heterocycles. The monoisotopic (exact) mass is 945 g/mol. The Morgan fingerprint density at radius 1 is 0.769 bits per heavy atom. The van der Waals surface area contributed by atoms with E-state index in [9.17, 15) is 38.4 Å². The van der Waals surface area contributed by atoms with E-state index in [-0.39, 0.29) is 25.7 Å². The van der Waals surface area contributed by atoms with Crippen molar-refractivity contribution in [1.82, 2.24) is 36.9 Å². The van der Waals surface area contributed by atoms with Crippen LogP contribution in [0.15, 0.2) is 54.7 Å². The van der Waals surface area contributed by atoms with Gasteiger partial charge in [0.15, 0.2) is 0 Å². The van der Waals surface area contributed by atoms with Crippen LogP contribution in [-0.4, -0.2) is 125 Å². The molecule has 356 valence electrons. The molecule has 3 rings (SSSR count). The maximum absolute atomic E-state index is 14.3. The SMILES string of the molecule is CC(C)[C@H](NC(=O)[C@H](C)NC(=O)[C@H](Cc1c[nH]c2ccccc12)NC(=O)[C@H](CCC(N)=O)NC(=O)[C@H](Cc1cccc(N(CCCl)CCCl)c1)NC(=O)OC(C)(C)C)C(=O)NCC(=O)O. The number of carbonyl (C=O) groups excluding carboxylic acids is 7. The first-order valence-corrected chi connectivity index (χ1v) is 22.2. The van der Waals surface area contributed by atoms with Crippen LogP contribution in [0.25, 0.3) is 10.9 Å². The lowest BCUT2D eigenvalue weighted by atomic mass is 10.0. The Balaban J connectivity index is 1.95. The number of nitrogens with two attached hydrogens (primary N) is 1. The van der Waals surface area contributed by atoms with Crippen LogP contribution in [-0.2, 0) is 51.1 Å². The molecule has 0 aliphatic rings. The fraction of sp³-hybridized carbons (Fsp3) is 0.500. The summed E-state index contributed by atoms with van der Waals surface area (Å²) in [5.41, 5.74) is 7.31. The number of aromatic nitrogens is 1. The number of halogens is 2. The molecule has 5 atom stereocenters. The van der Waals surface area contributed by atoms with Gasteiger partial charge < -0.3 is 57.4 Å². The van der Waals surface area contributed by atoms with Crippen molar-refractivity contribution < 1.29 is 48.2 Å². The lowest BCUT2D eigenvalue weighted by Crippen LogP contribution is -2.59. The number of hydrogen-bond acceptors (Lipinski definition) is 10. The number of nitrogens with one attached hydrogen (secondary N) is 7. The van der Waals surface area contributed by atoms with Gasteiger partial charge in [0.2, 0.25) is 35.4 Å². The average molecular weight is 947 g/mol. The second-order valence-electron chi connectivity index (χ2n) is 16.7. The first kappa shape index (κ1) is 53.3. The molecule has 0 fully saturated rings. The van der Waals surface area contributed by atoms with Crippen LogP contribution in [0, 0.1) is 5.92 Å². The molecule has 1 heterocycles. The molecular weight excluding hydrogens is 885 g/mol. The largest absolute Gasteiger partial charge is 0.480 e. The molecule has 10 N–H and O–H groups in total. The number of fused-ring (bicyclic) bond motifs is 1. The van der Waals surface area contributed by atoms with Crippen molar-refractivity contribution in [2.45, 2.75) is 103 Å². The van der Waals surface area contributed by atoms with Gasteiger partial charge in [-0.05, 0) is 69.4 Å². The summed E-state index contributed by atoms with van der Waals surface area (Å²) in [7, 11) is 0. The van der Waals surface area contributed by atoms with Gasteiger partial charge in [-0.25, -0.2) is 4.79 Å². The van der Waals surface area contributed by atoms with Gasteiger partial charge in [0, 0.05) is 66.9 Å². The van der Waals surface area contributed by atoms with E-state index in [0.29, 0.717) is 36.0 Å². The highest BCUT2D eigenvalue weighted by atomic mass is 35.5. The number of ether oxygens (including phenoxy) is 1. The number of carboxylic acid groups (broad SMARTS) is 1. The Bertz CT molecular complexity index is 2140. The highest BCUT2D eigenvalue weighted by Gasteiger charge is 2.33. The second-order valence-corrected chi connectivity index (χ2v) is 17.5. The molecule has 0 aliphatic heterocycles. The van der Waals surface area contributed by atoms with Crippen LogP contribution in [0.4, 0.5) is 10.5 Å². The number of primary amides is 1. The Morgan fingerprint density at radius 3 is 2.00 bits per heavy atom. The molecule has 7 amide bonds. The van der Waals surface area contributed by atoms with Gasteiger partial charge >= 0.3 is 12.1 Å². The number of anilines is 1. The molecule has 0 aliphatic carbocycles. The minimum absolute atomic E-state index is 0.0664. The summed E-state index contributed by atoms with van der Waals surface area (Å²) in [6.45, 7) is 9.92. The first-order chi connectivity index (χ1) is 30.6. The zero-order chi connectivity index (χ0) is 48.4. The lowest BCUT2D eigenvalue weighted by Gasteiger charge is -2.27. The quantitative estimate of drug-likeness (QED) is 0.0556. The Morgan fingerprint density at radius 2 is 1.38 bits per heavy atom. The van der Waals surface area contributed by atoms with E-state index in [1.807, 2.05) is 35.2 Å². The van der Waals surface area contributed by atoms with E-state index >= 15 is 0 Å². The van der Waals surface area contributed by atoms with Gasteiger partial charge in [-0.2, -0.15) is 0 Å². The van der Waals surface area contributed by atoms with E-state index < -0.39 is 95.8 Å². The maximum Gasteiger partial charge on any atom is 0.408 e. The van der Waals surface area contributed by atoms with Gasteiger partial charge in [-0.3, -0.25) is 33.6 Å². The number of aliphatic carboxylic acids is 1. The van der Waals surface area contributed by atoms with Crippen LogP contribution in [0.2, 0.25) is 0 Å². The van der Waals surface area contributed by atoms with Crippen LogP contribution in [0.1, 0.15) is 65.5 Å². The molecule has 3 aromatic rings. The van der Waals surface area contributed by atoms with Crippen LogP contribution < -0.4 is 42.5 Å². The van der Waals surface area contributed by atoms with Gasteiger partial charge in [0.1, 0.15) is 42.4 Å². The third kappa shape index (κ3) is 17.8. The van der Waals surface area contributed by atoms with E-state index in [2.05, 4.69) is 36.9 Å². The van der Waals surface area contributed by atoms with Crippen molar-refractivity contribution in [1.29, 1.82) is 0 Å². The van der Waals surface area contributed by atoms with Crippen LogP contribution >= 0.6 is 23.2 Å². The number of nitrogens with zero attached hydrogens (tertiary/aromatic N) is 1. The van der Waals surface area contributed by atoms with Gasteiger partial charge in [0.05, 0.1) is 0 Å². The van der Waals surface area contributed by atoms with Crippen LogP contribution in [0.5, 0.6) is 0 Å². The zero-order valence-corrected chi connectivity index (χ0v) is 38.9. The number of carboxylic acids is 1. The Labute approximate surface area is 388 Å². The summed E-state index contributed by atoms with van der Waals surface area (Å²) in [6, 6.07) is 7.86. The van der Waals surface area contributed by atoms with Crippen molar-refractivity contribution in [2.75, 3.05) is 36.3 Å². The Kier molecular flexibility index (Phi) is 20.8. The van der Waals surface area contributed by atoms with Crippen molar-refractivity contribution in [3.8, 4) is 0 Å². The first-order valence-electron chi connectivity index (χ1n) is 21.1. The molecule has 19 nitrogen and oxygen atoms in total. The summed E-state index contributed by atoms with van der Waals surface area (Å²) in [5, 5.41) is 25.0. The third-order valence-electron chi connectivity index (χ3n) is 9.89. The normalized spacial score (nSPS) is 13.6.